The molecule has 2 aromatic carbocycles. The van der Waals surface area contributed by atoms with Crippen LogP contribution in [0.4, 0.5) is 21.9 Å². The van der Waals surface area contributed by atoms with Crippen molar-refractivity contribution in [2.45, 2.75) is 32.4 Å². The Kier molecular flexibility index (Phi) is 9.42. The monoisotopic (exact) mass is 612 g/mol. The van der Waals surface area contributed by atoms with Crippen molar-refractivity contribution in [3.63, 3.8) is 0 Å². The minimum absolute atomic E-state index is 0.255. The van der Waals surface area contributed by atoms with Crippen LogP contribution in [0, 0.1) is 11.3 Å². The summed E-state index contributed by atoms with van der Waals surface area (Å²) in [5.41, 5.74) is 3.01. The predicted molar refractivity (Wildman–Crippen MR) is 166 cm³/mol. The Morgan fingerprint density at radius 3 is 2.77 bits per heavy atom. The molecule has 12 heteroatoms. The summed E-state index contributed by atoms with van der Waals surface area (Å²) >= 11 is 6.53. The number of nitrogens with one attached hydrogen (secondary N) is 2. The lowest BCUT2D eigenvalue weighted by Gasteiger charge is -2.18. The molecule has 1 saturated heterocycles. The van der Waals surface area contributed by atoms with E-state index in [4.69, 9.17) is 21.1 Å². The minimum Gasteiger partial charge on any atom is -0.492 e. The van der Waals surface area contributed by atoms with Gasteiger partial charge in [0.25, 0.3) is 0 Å². The third-order valence-corrected chi connectivity index (χ3v) is 7.26. The van der Waals surface area contributed by atoms with Crippen LogP contribution < -0.4 is 20.1 Å². The van der Waals surface area contributed by atoms with Crippen molar-refractivity contribution >= 4 is 51.6 Å². The van der Waals surface area contributed by atoms with Gasteiger partial charge >= 0.3 is 6.09 Å². The molecule has 0 unspecified atom stereocenters. The Bertz CT molecular complexity index is 1760. The molecule has 2 amide bonds. The van der Waals surface area contributed by atoms with Crippen LogP contribution in [0.5, 0.6) is 11.5 Å². The van der Waals surface area contributed by atoms with Gasteiger partial charge in [-0.05, 0) is 56.2 Å². The van der Waals surface area contributed by atoms with Gasteiger partial charge in [-0.3, -0.25) is 14.8 Å². The number of hydrogen-bond acceptors (Lipinski definition) is 8. The number of likely N-dealkylation sites (tertiary alicyclic amines) is 1. The van der Waals surface area contributed by atoms with Crippen LogP contribution in [0.25, 0.3) is 10.9 Å². The molecule has 3 heterocycles. The average Bonchev–Trinajstić information content (AvgIpc) is 3.50. The number of ether oxygens (including phenoxy) is 2. The van der Waals surface area contributed by atoms with Crippen LogP contribution in [-0.4, -0.2) is 51.2 Å². The van der Waals surface area contributed by atoms with Crippen LogP contribution in [0.15, 0.2) is 73.1 Å². The Balaban J connectivity index is 1.41. The fraction of sp³-hybridized carbons (Fsp3) is 0.219. The first-order chi connectivity index (χ1) is 21.4. The summed E-state index contributed by atoms with van der Waals surface area (Å²) in [4.78, 5) is 34.4. The number of carboxylic acid groups (broad SMARTS) is 1. The standard InChI is InChI=1S/C32H29ClN6O5/c1-2-43-29-16-26-24(15-27(29)38-30(40)11-9-23-7-5-13-39(23)32(41)42)31(20(17-34)18-36-26)37-21-8-10-28(25(33)14-21)44-19-22-6-3-4-12-35-22/h3-4,6,8-12,14-16,18,23H,2,5,7,13,19H2,1H3,(H,36,37)(H,38,40)(H,41,42)/b11-9+/t23-/m0/s1. The molecule has 0 bridgehead atoms. The molecule has 0 radical (unpaired) electrons. The molecular formula is C32H29ClN6O5. The fourth-order valence-electron chi connectivity index (χ4n) is 4.89. The Hall–Kier alpha value is -5.34. The fourth-order valence-corrected chi connectivity index (χ4v) is 5.13. The van der Waals surface area contributed by atoms with E-state index in [0.717, 1.165) is 12.1 Å². The van der Waals surface area contributed by atoms with Crippen molar-refractivity contribution in [3.05, 3.63) is 89.4 Å². The summed E-state index contributed by atoms with van der Waals surface area (Å²) in [6, 6.07) is 15.9. The normalized spacial score (nSPS) is 14.4. The number of anilines is 3. The van der Waals surface area contributed by atoms with Gasteiger partial charge in [-0.15, -0.1) is 0 Å². The Labute approximate surface area is 258 Å². The largest absolute Gasteiger partial charge is 0.492 e. The molecule has 1 fully saturated rings. The van der Waals surface area contributed by atoms with E-state index in [9.17, 15) is 20.0 Å². The highest BCUT2D eigenvalue weighted by molar-refractivity contribution is 6.32. The smallest absolute Gasteiger partial charge is 0.407 e. The molecule has 2 aromatic heterocycles. The van der Waals surface area contributed by atoms with Crippen molar-refractivity contribution in [2.24, 2.45) is 0 Å². The second kappa shape index (κ2) is 13.8. The number of benzene rings is 2. The maximum absolute atomic E-state index is 12.9. The molecule has 11 nitrogen and oxygen atoms in total. The van der Waals surface area contributed by atoms with Crippen LogP contribution >= 0.6 is 11.6 Å². The number of pyridine rings is 2. The molecule has 3 N–H and O–H groups in total. The molecule has 4 aromatic rings. The van der Waals surface area contributed by atoms with Gasteiger partial charge < -0.3 is 30.1 Å². The summed E-state index contributed by atoms with van der Waals surface area (Å²) in [5.74, 6) is 0.427. The highest BCUT2D eigenvalue weighted by Crippen LogP contribution is 2.37. The van der Waals surface area contributed by atoms with Crippen molar-refractivity contribution < 1.29 is 24.2 Å². The summed E-state index contributed by atoms with van der Waals surface area (Å²) < 4.78 is 11.6. The van der Waals surface area contributed by atoms with E-state index in [1.165, 1.54) is 17.2 Å². The summed E-state index contributed by atoms with van der Waals surface area (Å²) in [6.07, 6.45) is 6.44. The molecule has 224 valence electrons. The number of carbonyl (C=O) groups excluding carboxylic acids is 1. The molecule has 1 aliphatic heterocycles. The van der Waals surface area contributed by atoms with E-state index in [1.54, 1.807) is 42.6 Å². The number of rotatable bonds is 10. The highest BCUT2D eigenvalue weighted by atomic mass is 35.5. The van der Waals surface area contributed by atoms with Gasteiger partial charge in [0.15, 0.2) is 0 Å². The first-order valence-corrected chi connectivity index (χ1v) is 14.3. The van der Waals surface area contributed by atoms with E-state index in [-0.39, 0.29) is 18.2 Å². The number of carbonyl (C=O) groups is 2. The molecular weight excluding hydrogens is 584 g/mol. The predicted octanol–water partition coefficient (Wildman–Crippen LogP) is 6.51. The lowest BCUT2D eigenvalue weighted by atomic mass is 10.1. The van der Waals surface area contributed by atoms with Gasteiger partial charge in [-0.25, -0.2) is 4.79 Å². The molecule has 44 heavy (non-hydrogen) atoms. The third kappa shape index (κ3) is 6.99. The SMILES string of the molecule is CCOc1cc2ncc(C#N)c(Nc3ccc(OCc4ccccn4)c(Cl)c3)c2cc1NC(=O)/C=C/[C@@H]1CCCN1C(=O)O. The van der Waals surface area contributed by atoms with E-state index >= 15 is 0 Å². The number of amides is 2. The third-order valence-electron chi connectivity index (χ3n) is 6.97. The van der Waals surface area contributed by atoms with Gasteiger partial charge in [-0.2, -0.15) is 5.26 Å². The molecule has 5 rings (SSSR count). The molecule has 0 spiro atoms. The number of nitriles is 1. The molecule has 0 aliphatic carbocycles. The van der Waals surface area contributed by atoms with Gasteiger partial charge in [0.2, 0.25) is 5.91 Å². The zero-order valence-electron chi connectivity index (χ0n) is 23.8. The van der Waals surface area contributed by atoms with Gasteiger partial charge in [-0.1, -0.05) is 23.7 Å². The summed E-state index contributed by atoms with van der Waals surface area (Å²) in [5, 5.41) is 26.3. The van der Waals surface area contributed by atoms with Crippen molar-refractivity contribution in [1.29, 1.82) is 5.26 Å². The van der Waals surface area contributed by atoms with E-state index < -0.39 is 12.0 Å². The molecule has 1 aliphatic rings. The van der Waals surface area contributed by atoms with Crippen LogP contribution in [-0.2, 0) is 11.4 Å². The lowest BCUT2D eigenvalue weighted by molar-refractivity contribution is -0.112. The molecule has 0 saturated carbocycles. The first kappa shape index (κ1) is 30.1. The Morgan fingerprint density at radius 1 is 1.18 bits per heavy atom. The first-order valence-electron chi connectivity index (χ1n) is 13.9. The number of hydrogen-bond donors (Lipinski definition) is 3. The number of fused-ring (bicyclic) bond motifs is 1. The zero-order chi connectivity index (χ0) is 31.1. The highest BCUT2D eigenvalue weighted by Gasteiger charge is 2.26. The van der Waals surface area contributed by atoms with Crippen molar-refractivity contribution in [2.75, 3.05) is 23.8 Å². The number of nitrogens with zero attached hydrogens (tertiary/aromatic N) is 4. The van der Waals surface area contributed by atoms with Crippen molar-refractivity contribution in [3.8, 4) is 17.6 Å². The van der Waals surface area contributed by atoms with E-state index in [2.05, 4.69) is 26.7 Å². The van der Waals surface area contributed by atoms with Crippen LogP contribution in [0.1, 0.15) is 31.0 Å². The molecule has 1 atom stereocenters. The minimum atomic E-state index is -1.01. The summed E-state index contributed by atoms with van der Waals surface area (Å²) in [6.45, 7) is 2.85. The van der Waals surface area contributed by atoms with Crippen LogP contribution in [0.3, 0.4) is 0 Å². The second-order valence-electron chi connectivity index (χ2n) is 9.87. The quantitative estimate of drug-likeness (QED) is 0.170. The van der Waals surface area contributed by atoms with E-state index in [1.807, 2.05) is 25.1 Å². The summed E-state index contributed by atoms with van der Waals surface area (Å²) in [7, 11) is 0. The van der Waals surface area contributed by atoms with E-state index in [0.29, 0.717) is 64.1 Å². The second-order valence-corrected chi connectivity index (χ2v) is 10.3. The topological polar surface area (TPSA) is 150 Å². The average molecular weight is 613 g/mol. The van der Waals surface area contributed by atoms with Crippen LogP contribution in [0.2, 0.25) is 5.02 Å². The number of aromatic nitrogens is 2. The van der Waals surface area contributed by atoms with Gasteiger partial charge in [0.05, 0.1) is 45.8 Å². The Morgan fingerprint density at radius 2 is 2.05 bits per heavy atom. The maximum atomic E-state index is 12.9. The van der Waals surface area contributed by atoms with Gasteiger partial charge in [0, 0.05) is 42.2 Å². The number of halogens is 1. The zero-order valence-corrected chi connectivity index (χ0v) is 24.5. The van der Waals surface area contributed by atoms with Crippen molar-refractivity contribution in [1.82, 2.24) is 14.9 Å². The lowest BCUT2D eigenvalue weighted by Crippen LogP contribution is -2.33. The van der Waals surface area contributed by atoms with Gasteiger partial charge in [0.1, 0.15) is 24.2 Å². The maximum Gasteiger partial charge on any atom is 0.407 e.